The Morgan fingerprint density at radius 3 is 2.00 bits per heavy atom. The molecule has 1 fully saturated rings. The van der Waals surface area contributed by atoms with Gasteiger partial charge in [0.15, 0.2) is 6.10 Å². The van der Waals surface area contributed by atoms with Gasteiger partial charge in [-0.05, 0) is 24.0 Å². The summed E-state index contributed by atoms with van der Waals surface area (Å²) in [5.41, 5.74) is 2.57. The smallest absolute Gasteiger partial charge is 0.334 e. The first-order valence-corrected chi connectivity index (χ1v) is 8.77. The fourth-order valence-electron chi connectivity index (χ4n) is 3.29. The second-order valence-corrected chi connectivity index (χ2v) is 6.45. The number of rotatable bonds is 6. The molecule has 1 saturated heterocycles. The molecule has 0 bridgehead atoms. The number of nitrogens with zero attached hydrogens (tertiary/aromatic N) is 1. The lowest BCUT2D eigenvalue weighted by atomic mass is 10.0. The Morgan fingerprint density at radius 2 is 1.56 bits per heavy atom. The Hall–Kier alpha value is -2.17. The number of carbonyl (C=O) groups is 1. The number of hydrogen-bond acceptors (Lipinski definition) is 4. The zero-order valence-corrected chi connectivity index (χ0v) is 14.6. The first-order valence-electron chi connectivity index (χ1n) is 8.77. The third-order valence-electron chi connectivity index (χ3n) is 4.69. The number of benzene rings is 2. The molecule has 0 spiro atoms. The van der Waals surface area contributed by atoms with E-state index in [-0.39, 0.29) is 5.97 Å². The molecule has 1 aliphatic heterocycles. The van der Waals surface area contributed by atoms with Crippen molar-refractivity contribution in [3.05, 3.63) is 71.8 Å². The van der Waals surface area contributed by atoms with Crippen molar-refractivity contribution in [1.29, 1.82) is 0 Å². The average molecular weight is 339 g/mol. The van der Waals surface area contributed by atoms with Crippen LogP contribution in [-0.2, 0) is 27.4 Å². The first kappa shape index (κ1) is 17.6. The zero-order chi connectivity index (χ0) is 17.5. The molecule has 0 radical (unpaired) electrons. The number of esters is 1. The monoisotopic (exact) mass is 339 g/mol. The second kappa shape index (κ2) is 8.79. The standard InChI is InChI=1S/C21H25NO3/c1-24-21(23)20-13-12-19(16-25-20)22(14-17-8-4-2-5-9-17)15-18-10-6-3-7-11-18/h2-11,19-20H,12-16H2,1H3. The van der Waals surface area contributed by atoms with E-state index in [4.69, 9.17) is 9.47 Å². The Morgan fingerprint density at radius 1 is 1.00 bits per heavy atom. The highest BCUT2D eigenvalue weighted by Crippen LogP contribution is 2.23. The van der Waals surface area contributed by atoms with Crippen LogP contribution in [0, 0.1) is 0 Å². The minimum atomic E-state index is -0.420. The molecule has 25 heavy (non-hydrogen) atoms. The van der Waals surface area contributed by atoms with Crippen LogP contribution in [0.2, 0.25) is 0 Å². The summed E-state index contributed by atoms with van der Waals surface area (Å²) < 4.78 is 10.6. The topological polar surface area (TPSA) is 38.8 Å². The predicted molar refractivity (Wildman–Crippen MR) is 96.9 cm³/mol. The average Bonchev–Trinajstić information content (AvgIpc) is 2.68. The van der Waals surface area contributed by atoms with Gasteiger partial charge in [0.25, 0.3) is 0 Å². The number of hydrogen-bond donors (Lipinski definition) is 0. The van der Waals surface area contributed by atoms with Crippen molar-refractivity contribution in [2.75, 3.05) is 13.7 Å². The van der Waals surface area contributed by atoms with E-state index in [2.05, 4.69) is 53.4 Å². The number of methoxy groups -OCH3 is 1. The Kier molecular flexibility index (Phi) is 6.20. The lowest BCUT2D eigenvalue weighted by Gasteiger charge is -2.36. The largest absolute Gasteiger partial charge is 0.467 e. The zero-order valence-electron chi connectivity index (χ0n) is 14.6. The minimum Gasteiger partial charge on any atom is -0.467 e. The van der Waals surface area contributed by atoms with Crippen LogP contribution in [0.15, 0.2) is 60.7 Å². The third kappa shape index (κ3) is 4.91. The molecule has 1 aliphatic rings. The lowest BCUT2D eigenvalue weighted by molar-refractivity contribution is -0.159. The van der Waals surface area contributed by atoms with E-state index in [9.17, 15) is 4.79 Å². The van der Waals surface area contributed by atoms with Gasteiger partial charge in [0.1, 0.15) is 0 Å². The van der Waals surface area contributed by atoms with Crippen molar-refractivity contribution in [3.63, 3.8) is 0 Å². The van der Waals surface area contributed by atoms with Crippen molar-refractivity contribution in [1.82, 2.24) is 4.90 Å². The van der Waals surface area contributed by atoms with Crippen LogP contribution in [0.1, 0.15) is 24.0 Å². The van der Waals surface area contributed by atoms with E-state index >= 15 is 0 Å². The van der Waals surface area contributed by atoms with E-state index < -0.39 is 6.10 Å². The van der Waals surface area contributed by atoms with Gasteiger partial charge in [0.2, 0.25) is 0 Å². The molecule has 0 amide bonds. The molecule has 1 heterocycles. The second-order valence-electron chi connectivity index (χ2n) is 6.45. The lowest BCUT2D eigenvalue weighted by Crippen LogP contribution is -2.44. The van der Waals surface area contributed by atoms with Gasteiger partial charge in [-0.25, -0.2) is 4.79 Å². The summed E-state index contributed by atoms with van der Waals surface area (Å²) >= 11 is 0. The van der Waals surface area contributed by atoms with Gasteiger partial charge < -0.3 is 9.47 Å². The summed E-state index contributed by atoms with van der Waals surface area (Å²) in [6.45, 7) is 2.29. The minimum absolute atomic E-state index is 0.267. The number of ether oxygens (including phenoxy) is 2. The predicted octanol–water partition coefficient (Wildman–Crippen LogP) is 3.41. The quantitative estimate of drug-likeness (QED) is 0.756. The fraction of sp³-hybridized carbons (Fsp3) is 0.381. The van der Waals surface area contributed by atoms with Crippen molar-refractivity contribution in [2.24, 2.45) is 0 Å². The highest BCUT2D eigenvalue weighted by Gasteiger charge is 2.30. The van der Waals surface area contributed by atoms with E-state index in [0.717, 1.165) is 19.5 Å². The summed E-state index contributed by atoms with van der Waals surface area (Å²) in [6, 6.07) is 21.3. The molecule has 0 aliphatic carbocycles. The van der Waals surface area contributed by atoms with Crippen LogP contribution < -0.4 is 0 Å². The summed E-state index contributed by atoms with van der Waals surface area (Å²) in [5.74, 6) is -0.267. The molecule has 4 heteroatoms. The van der Waals surface area contributed by atoms with Gasteiger partial charge in [-0.15, -0.1) is 0 Å². The van der Waals surface area contributed by atoms with Crippen LogP contribution in [0.5, 0.6) is 0 Å². The molecule has 0 saturated carbocycles. The molecule has 0 aromatic heterocycles. The van der Waals surface area contributed by atoms with Crippen molar-refractivity contribution >= 4 is 5.97 Å². The van der Waals surface area contributed by atoms with Gasteiger partial charge in [0.05, 0.1) is 13.7 Å². The highest BCUT2D eigenvalue weighted by molar-refractivity contribution is 5.74. The van der Waals surface area contributed by atoms with Crippen LogP contribution in [0.25, 0.3) is 0 Å². The van der Waals surface area contributed by atoms with Gasteiger partial charge >= 0.3 is 5.97 Å². The van der Waals surface area contributed by atoms with Crippen molar-refractivity contribution in [3.8, 4) is 0 Å². The third-order valence-corrected chi connectivity index (χ3v) is 4.69. The molecule has 3 rings (SSSR count). The van der Waals surface area contributed by atoms with Gasteiger partial charge in [0, 0.05) is 19.1 Å². The van der Waals surface area contributed by atoms with Gasteiger partial charge in [-0.3, -0.25) is 4.90 Å². The van der Waals surface area contributed by atoms with E-state index in [1.807, 2.05) is 12.1 Å². The maximum Gasteiger partial charge on any atom is 0.334 e. The van der Waals surface area contributed by atoms with E-state index in [0.29, 0.717) is 19.1 Å². The maximum absolute atomic E-state index is 11.7. The van der Waals surface area contributed by atoms with Crippen LogP contribution >= 0.6 is 0 Å². The van der Waals surface area contributed by atoms with Crippen molar-refractivity contribution in [2.45, 2.75) is 38.1 Å². The molecule has 132 valence electrons. The molecular formula is C21H25NO3. The maximum atomic E-state index is 11.7. The SMILES string of the molecule is COC(=O)C1CCC(N(Cc2ccccc2)Cc2ccccc2)CO1. The van der Waals surface area contributed by atoms with Crippen LogP contribution in [0.3, 0.4) is 0 Å². The molecule has 0 N–H and O–H groups in total. The fourth-order valence-corrected chi connectivity index (χ4v) is 3.29. The summed E-state index contributed by atoms with van der Waals surface area (Å²) in [7, 11) is 1.41. The molecular weight excluding hydrogens is 314 g/mol. The Bertz CT molecular complexity index is 610. The molecule has 2 aromatic rings. The summed E-state index contributed by atoms with van der Waals surface area (Å²) in [6.07, 6.45) is 1.22. The first-order chi connectivity index (χ1) is 12.3. The molecule has 4 nitrogen and oxygen atoms in total. The van der Waals surface area contributed by atoms with E-state index in [1.54, 1.807) is 0 Å². The van der Waals surface area contributed by atoms with Gasteiger partial charge in [-0.1, -0.05) is 60.7 Å². The highest BCUT2D eigenvalue weighted by atomic mass is 16.6. The van der Waals surface area contributed by atoms with Crippen molar-refractivity contribution < 1.29 is 14.3 Å². The van der Waals surface area contributed by atoms with Crippen LogP contribution in [-0.4, -0.2) is 36.7 Å². The molecule has 2 atom stereocenters. The van der Waals surface area contributed by atoms with E-state index in [1.165, 1.54) is 18.2 Å². The number of carbonyl (C=O) groups excluding carboxylic acids is 1. The van der Waals surface area contributed by atoms with Crippen LogP contribution in [0.4, 0.5) is 0 Å². The Balaban J connectivity index is 1.69. The van der Waals surface area contributed by atoms with Gasteiger partial charge in [-0.2, -0.15) is 0 Å². The normalized spacial score (nSPS) is 20.4. The summed E-state index contributed by atoms with van der Waals surface area (Å²) in [4.78, 5) is 14.1. The molecule has 2 unspecified atom stereocenters. The Labute approximate surface area is 149 Å². The molecule has 2 aromatic carbocycles. The summed E-state index contributed by atoms with van der Waals surface area (Å²) in [5, 5.41) is 0.